The molecule has 0 fully saturated rings. The summed E-state index contributed by atoms with van der Waals surface area (Å²) in [5, 5.41) is 13.6. The number of rotatable bonds is 2. The summed E-state index contributed by atoms with van der Waals surface area (Å²) in [7, 11) is 0. The lowest BCUT2D eigenvalue weighted by Crippen LogP contribution is -2.22. The minimum absolute atomic E-state index is 0.0492. The number of aryl methyl sites for hydroxylation is 1. The molecule has 128 valence electrons. The monoisotopic (exact) mass is 363 g/mol. The number of carboxylic acid groups (broad SMARTS) is 1. The maximum Gasteiger partial charge on any atom is 0.193 e. The van der Waals surface area contributed by atoms with Crippen molar-refractivity contribution in [2.75, 3.05) is 0 Å². The quantitative estimate of drug-likeness (QED) is 0.541. The van der Waals surface area contributed by atoms with Crippen molar-refractivity contribution in [1.82, 2.24) is 0 Å². The Bertz CT molecular complexity index is 1250. The first-order valence-electron chi connectivity index (χ1n) is 7.93. The van der Waals surface area contributed by atoms with Crippen LogP contribution in [0.5, 0.6) is 0 Å². The number of hydrogen-bond donors (Lipinski definition) is 0. The highest BCUT2D eigenvalue weighted by Crippen LogP contribution is 2.32. The Morgan fingerprint density at radius 3 is 2.54 bits per heavy atom. The molecule has 4 rings (SSSR count). The molecular weight excluding hydrogens is 352 g/mol. The van der Waals surface area contributed by atoms with Gasteiger partial charge in [-0.2, -0.15) is 0 Å². The van der Waals surface area contributed by atoms with Crippen molar-refractivity contribution in [2.45, 2.75) is 6.92 Å². The Morgan fingerprint density at radius 1 is 1.08 bits per heavy atom. The first kappa shape index (κ1) is 16.4. The zero-order valence-electron chi connectivity index (χ0n) is 13.7. The number of halogens is 1. The average Bonchev–Trinajstić information content (AvgIpc) is 2.62. The Morgan fingerprint density at radius 2 is 1.81 bits per heavy atom. The summed E-state index contributed by atoms with van der Waals surface area (Å²) in [5.74, 6) is -0.989. The van der Waals surface area contributed by atoms with E-state index in [-0.39, 0.29) is 11.0 Å². The van der Waals surface area contributed by atoms with E-state index in [1.165, 1.54) is 12.1 Å². The second-order valence-electron chi connectivity index (χ2n) is 6.07. The summed E-state index contributed by atoms with van der Waals surface area (Å²) in [6.07, 6.45) is 0. The van der Waals surface area contributed by atoms with Crippen LogP contribution in [0.4, 0.5) is 0 Å². The third kappa shape index (κ3) is 2.55. The molecule has 0 saturated carbocycles. The molecule has 5 heteroatoms. The van der Waals surface area contributed by atoms with Gasteiger partial charge >= 0.3 is 0 Å². The van der Waals surface area contributed by atoms with Crippen LogP contribution in [0.15, 0.2) is 63.8 Å². The lowest BCUT2D eigenvalue weighted by Gasteiger charge is -2.12. The molecular formula is C21H12ClO4-. The maximum absolute atomic E-state index is 12.5. The van der Waals surface area contributed by atoms with E-state index in [1.807, 2.05) is 6.92 Å². The Hall–Kier alpha value is -3.11. The van der Waals surface area contributed by atoms with Crippen molar-refractivity contribution in [1.29, 1.82) is 0 Å². The van der Waals surface area contributed by atoms with Crippen molar-refractivity contribution in [3.05, 3.63) is 81.0 Å². The summed E-state index contributed by atoms with van der Waals surface area (Å²) in [4.78, 5) is 24.1. The van der Waals surface area contributed by atoms with E-state index < -0.39 is 5.97 Å². The zero-order valence-corrected chi connectivity index (χ0v) is 14.5. The van der Waals surface area contributed by atoms with Crippen LogP contribution in [0.1, 0.15) is 15.9 Å². The first-order chi connectivity index (χ1) is 12.5. The molecule has 0 bridgehead atoms. The number of fused-ring (bicyclic) bond motifs is 2. The molecule has 3 aromatic carbocycles. The fourth-order valence-corrected chi connectivity index (χ4v) is 3.29. The Balaban J connectivity index is 2.09. The number of benzene rings is 3. The molecule has 4 nitrogen and oxygen atoms in total. The summed E-state index contributed by atoms with van der Waals surface area (Å²) in [6, 6.07) is 14.9. The fraction of sp³-hybridized carbons (Fsp3) is 0.0476. The van der Waals surface area contributed by atoms with Crippen LogP contribution in [0.2, 0.25) is 5.02 Å². The molecule has 4 aromatic rings. The molecule has 1 aromatic heterocycles. The third-order valence-corrected chi connectivity index (χ3v) is 4.81. The SMILES string of the molecule is Cc1cc2oc(-c3cccc4cccc(C(=O)[O-])c34)cc(=O)c2cc1Cl. The molecule has 0 aliphatic heterocycles. The highest BCUT2D eigenvalue weighted by molar-refractivity contribution is 6.32. The molecule has 0 aliphatic rings. The number of carbonyl (C=O) groups is 1. The van der Waals surface area contributed by atoms with Gasteiger partial charge in [-0.1, -0.05) is 48.0 Å². The highest BCUT2D eigenvalue weighted by Gasteiger charge is 2.14. The van der Waals surface area contributed by atoms with Gasteiger partial charge in [0.2, 0.25) is 0 Å². The molecule has 26 heavy (non-hydrogen) atoms. The molecule has 0 aliphatic carbocycles. The second kappa shape index (κ2) is 6.00. The van der Waals surface area contributed by atoms with E-state index in [9.17, 15) is 14.7 Å². The van der Waals surface area contributed by atoms with Crippen LogP contribution in [-0.2, 0) is 0 Å². The predicted octanol–water partition coefficient (Wildman–Crippen LogP) is 3.94. The van der Waals surface area contributed by atoms with Crippen molar-refractivity contribution in [3.8, 4) is 11.3 Å². The first-order valence-corrected chi connectivity index (χ1v) is 8.31. The average molecular weight is 364 g/mol. The van der Waals surface area contributed by atoms with Crippen molar-refractivity contribution in [3.63, 3.8) is 0 Å². The highest BCUT2D eigenvalue weighted by atomic mass is 35.5. The minimum Gasteiger partial charge on any atom is -0.545 e. The van der Waals surface area contributed by atoms with E-state index >= 15 is 0 Å². The second-order valence-corrected chi connectivity index (χ2v) is 6.48. The van der Waals surface area contributed by atoms with Gasteiger partial charge in [-0.05, 0) is 30.0 Å². The van der Waals surface area contributed by atoms with E-state index in [0.29, 0.717) is 32.7 Å². The number of carboxylic acids is 1. The molecule has 0 radical (unpaired) electrons. The standard InChI is InChI=1S/C21H13ClO4/c1-11-8-18-15(9-16(11)22)17(23)10-19(26-18)13-6-2-4-12-5-3-7-14(20(12)13)21(24)25/h2-10H,1H3,(H,24,25)/p-1. The summed E-state index contributed by atoms with van der Waals surface area (Å²) in [6.45, 7) is 1.82. The van der Waals surface area contributed by atoms with Gasteiger partial charge in [-0.15, -0.1) is 0 Å². The molecule has 0 atom stereocenters. The topological polar surface area (TPSA) is 70.3 Å². The Labute approximate surface area is 153 Å². The van der Waals surface area contributed by atoms with E-state index in [4.69, 9.17) is 16.0 Å². The minimum atomic E-state index is -1.28. The molecule has 0 spiro atoms. The molecule has 1 heterocycles. The van der Waals surface area contributed by atoms with Crippen LogP contribution in [0.25, 0.3) is 33.1 Å². The Kier molecular flexibility index (Phi) is 3.78. The van der Waals surface area contributed by atoms with Crippen molar-refractivity contribution >= 4 is 39.3 Å². The van der Waals surface area contributed by atoms with Gasteiger partial charge in [0, 0.05) is 27.6 Å². The van der Waals surface area contributed by atoms with E-state index in [0.717, 1.165) is 10.9 Å². The number of hydrogen-bond acceptors (Lipinski definition) is 4. The maximum atomic E-state index is 12.5. The van der Waals surface area contributed by atoms with Gasteiger partial charge < -0.3 is 14.3 Å². The van der Waals surface area contributed by atoms with Crippen molar-refractivity contribution < 1.29 is 14.3 Å². The fourth-order valence-electron chi connectivity index (χ4n) is 3.13. The largest absolute Gasteiger partial charge is 0.545 e. The summed E-state index contributed by atoms with van der Waals surface area (Å²) < 4.78 is 5.94. The number of aromatic carboxylic acids is 1. The smallest absolute Gasteiger partial charge is 0.193 e. The number of carbonyl (C=O) groups excluding carboxylic acids is 1. The lowest BCUT2D eigenvalue weighted by atomic mass is 9.97. The molecule has 0 amide bonds. The lowest BCUT2D eigenvalue weighted by molar-refractivity contribution is -0.254. The van der Waals surface area contributed by atoms with Gasteiger partial charge in [-0.25, -0.2) is 0 Å². The van der Waals surface area contributed by atoms with Gasteiger partial charge in [0.25, 0.3) is 0 Å². The van der Waals surface area contributed by atoms with Crippen LogP contribution >= 0.6 is 11.6 Å². The predicted molar refractivity (Wildman–Crippen MR) is 99.5 cm³/mol. The van der Waals surface area contributed by atoms with Gasteiger partial charge in [0.1, 0.15) is 11.3 Å². The van der Waals surface area contributed by atoms with Gasteiger partial charge in [-0.3, -0.25) is 4.79 Å². The zero-order chi connectivity index (χ0) is 18.4. The van der Waals surface area contributed by atoms with Gasteiger partial charge in [0.05, 0.1) is 11.4 Å². The van der Waals surface area contributed by atoms with Crippen LogP contribution < -0.4 is 10.5 Å². The van der Waals surface area contributed by atoms with E-state index in [1.54, 1.807) is 42.5 Å². The normalized spacial score (nSPS) is 11.2. The molecule has 0 unspecified atom stereocenters. The summed E-state index contributed by atoms with van der Waals surface area (Å²) >= 11 is 6.10. The van der Waals surface area contributed by atoms with Crippen molar-refractivity contribution in [2.24, 2.45) is 0 Å². The van der Waals surface area contributed by atoms with Crippen LogP contribution in [-0.4, -0.2) is 5.97 Å². The van der Waals surface area contributed by atoms with E-state index in [2.05, 4.69) is 0 Å². The third-order valence-electron chi connectivity index (χ3n) is 4.40. The van der Waals surface area contributed by atoms with Gasteiger partial charge in [0.15, 0.2) is 5.43 Å². The molecule has 0 N–H and O–H groups in total. The van der Waals surface area contributed by atoms with Crippen LogP contribution in [0, 0.1) is 6.92 Å². The summed E-state index contributed by atoms with van der Waals surface area (Å²) in [5.41, 5.74) is 1.51. The molecule has 0 saturated heterocycles. The van der Waals surface area contributed by atoms with Crippen LogP contribution in [0.3, 0.4) is 0 Å².